The van der Waals surface area contributed by atoms with Crippen molar-refractivity contribution in [2.45, 2.75) is 19.3 Å². The van der Waals surface area contributed by atoms with Gasteiger partial charge >= 0.3 is 0 Å². The third-order valence-electron chi connectivity index (χ3n) is 3.69. The Kier molecular flexibility index (Phi) is 4.61. The normalized spacial score (nSPS) is 23.0. The van der Waals surface area contributed by atoms with Gasteiger partial charge in [-0.2, -0.15) is 0 Å². The highest BCUT2D eigenvalue weighted by atomic mass is 35.5. The molecule has 1 amide bonds. The predicted octanol–water partition coefficient (Wildman–Crippen LogP) is 2.48. The van der Waals surface area contributed by atoms with Crippen LogP contribution in [0.15, 0.2) is 24.3 Å². The second-order valence-corrected chi connectivity index (χ2v) is 5.23. The van der Waals surface area contributed by atoms with Crippen molar-refractivity contribution in [3.8, 4) is 0 Å². The van der Waals surface area contributed by atoms with Crippen LogP contribution in [-0.4, -0.2) is 24.2 Å². The number of aliphatic hydroxyl groups is 1. The average Bonchev–Trinajstić information content (AvgIpc) is 2.84. The highest BCUT2D eigenvalue weighted by molar-refractivity contribution is 6.33. The molecule has 0 spiro atoms. The fourth-order valence-corrected chi connectivity index (χ4v) is 2.81. The summed E-state index contributed by atoms with van der Waals surface area (Å²) in [6, 6.07) is 7.03. The van der Waals surface area contributed by atoms with Gasteiger partial charge in [-0.3, -0.25) is 4.79 Å². The molecule has 1 aliphatic carbocycles. The molecule has 2 atom stereocenters. The standard InChI is InChI=1S/C14H18ClNO2/c15-13-7-2-1-6-12(13)14(18)16-8-10-4-3-5-11(10)9-17/h1-2,6-7,10-11,17H,3-5,8-9H2,(H,16,18). The Labute approximate surface area is 112 Å². The molecule has 0 saturated heterocycles. The molecular formula is C14H18ClNO2. The lowest BCUT2D eigenvalue weighted by atomic mass is 9.97. The Balaban J connectivity index is 1.91. The van der Waals surface area contributed by atoms with Gasteiger partial charge in [-0.15, -0.1) is 0 Å². The first kappa shape index (κ1) is 13.4. The molecule has 1 aromatic rings. The van der Waals surface area contributed by atoms with Crippen LogP contribution in [0.3, 0.4) is 0 Å². The summed E-state index contributed by atoms with van der Waals surface area (Å²) in [5.41, 5.74) is 0.512. The van der Waals surface area contributed by atoms with E-state index < -0.39 is 0 Å². The van der Waals surface area contributed by atoms with Gasteiger partial charge in [-0.1, -0.05) is 30.2 Å². The summed E-state index contributed by atoms with van der Waals surface area (Å²) in [5.74, 6) is 0.585. The average molecular weight is 268 g/mol. The quantitative estimate of drug-likeness (QED) is 0.881. The van der Waals surface area contributed by atoms with Crippen molar-refractivity contribution in [1.82, 2.24) is 5.32 Å². The maximum absolute atomic E-state index is 12.0. The van der Waals surface area contributed by atoms with Crippen LogP contribution in [0.2, 0.25) is 5.02 Å². The van der Waals surface area contributed by atoms with E-state index in [9.17, 15) is 9.90 Å². The van der Waals surface area contributed by atoms with Crippen LogP contribution in [-0.2, 0) is 0 Å². The zero-order chi connectivity index (χ0) is 13.0. The van der Waals surface area contributed by atoms with Crippen LogP contribution in [0.5, 0.6) is 0 Å². The molecule has 4 heteroatoms. The molecule has 2 rings (SSSR count). The molecule has 0 aromatic heterocycles. The van der Waals surface area contributed by atoms with Crippen LogP contribution in [0.25, 0.3) is 0 Å². The molecule has 1 aliphatic rings. The van der Waals surface area contributed by atoms with Crippen molar-refractivity contribution < 1.29 is 9.90 Å². The monoisotopic (exact) mass is 267 g/mol. The van der Waals surface area contributed by atoms with E-state index in [1.54, 1.807) is 24.3 Å². The van der Waals surface area contributed by atoms with Gasteiger partial charge in [0, 0.05) is 13.2 Å². The molecule has 2 N–H and O–H groups in total. The zero-order valence-corrected chi connectivity index (χ0v) is 11.0. The lowest BCUT2D eigenvalue weighted by molar-refractivity contribution is 0.0938. The van der Waals surface area contributed by atoms with Gasteiger partial charge in [0.05, 0.1) is 10.6 Å². The van der Waals surface area contributed by atoms with Gasteiger partial charge in [0.1, 0.15) is 0 Å². The highest BCUT2D eigenvalue weighted by Crippen LogP contribution is 2.30. The van der Waals surface area contributed by atoms with Crippen LogP contribution in [0.4, 0.5) is 0 Å². The van der Waals surface area contributed by atoms with Gasteiger partial charge in [-0.05, 0) is 36.8 Å². The zero-order valence-electron chi connectivity index (χ0n) is 10.2. The Morgan fingerprint density at radius 2 is 2.06 bits per heavy atom. The van der Waals surface area contributed by atoms with E-state index in [0.29, 0.717) is 29.0 Å². The number of carbonyl (C=O) groups excluding carboxylic acids is 1. The fourth-order valence-electron chi connectivity index (χ4n) is 2.59. The minimum absolute atomic E-state index is 0.135. The molecule has 1 fully saturated rings. The number of hydrogen-bond donors (Lipinski definition) is 2. The van der Waals surface area contributed by atoms with Crippen LogP contribution in [0.1, 0.15) is 29.6 Å². The van der Waals surface area contributed by atoms with E-state index in [0.717, 1.165) is 19.3 Å². The minimum Gasteiger partial charge on any atom is -0.396 e. The summed E-state index contributed by atoms with van der Waals surface area (Å²) in [7, 11) is 0. The van der Waals surface area contributed by atoms with Crippen molar-refractivity contribution in [2.75, 3.05) is 13.2 Å². The van der Waals surface area contributed by atoms with Gasteiger partial charge in [0.25, 0.3) is 5.91 Å². The third kappa shape index (κ3) is 3.03. The molecule has 0 radical (unpaired) electrons. The first-order valence-electron chi connectivity index (χ1n) is 6.36. The Hall–Kier alpha value is -1.06. The molecule has 1 aromatic carbocycles. The second kappa shape index (κ2) is 6.21. The maximum Gasteiger partial charge on any atom is 0.252 e. The van der Waals surface area contributed by atoms with Gasteiger partial charge in [0.15, 0.2) is 0 Å². The smallest absolute Gasteiger partial charge is 0.252 e. The second-order valence-electron chi connectivity index (χ2n) is 4.82. The van der Waals surface area contributed by atoms with E-state index in [1.165, 1.54) is 0 Å². The van der Waals surface area contributed by atoms with Crippen LogP contribution >= 0.6 is 11.6 Å². The summed E-state index contributed by atoms with van der Waals surface area (Å²) in [6.45, 7) is 0.835. The number of nitrogens with one attached hydrogen (secondary N) is 1. The van der Waals surface area contributed by atoms with E-state index >= 15 is 0 Å². The molecule has 0 aliphatic heterocycles. The Bertz CT molecular complexity index is 422. The molecule has 0 heterocycles. The molecule has 18 heavy (non-hydrogen) atoms. The first-order chi connectivity index (χ1) is 8.72. The maximum atomic E-state index is 12.0. The van der Waals surface area contributed by atoms with E-state index in [-0.39, 0.29) is 12.5 Å². The van der Waals surface area contributed by atoms with Crippen molar-refractivity contribution >= 4 is 17.5 Å². The SMILES string of the molecule is O=C(NCC1CCCC1CO)c1ccccc1Cl. The number of rotatable bonds is 4. The molecule has 0 bridgehead atoms. The molecule has 1 saturated carbocycles. The van der Waals surface area contributed by atoms with Gasteiger partial charge in [-0.25, -0.2) is 0 Å². The molecule has 2 unspecified atom stereocenters. The number of amides is 1. The van der Waals surface area contributed by atoms with Crippen LogP contribution < -0.4 is 5.32 Å². The molecular weight excluding hydrogens is 250 g/mol. The van der Waals surface area contributed by atoms with Crippen molar-refractivity contribution in [3.05, 3.63) is 34.9 Å². The number of halogens is 1. The fraction of sp³-hybridized carbons (Fsp3) is 0.500. The van der Waals surface area contributed by atoms with Gasteiger partial charge in [0.2, 0.25) is 0 Å². The predicted molar refractivity (Wildman–Crippen MR) is 71.7 cm³/mol. The number of carbonyl (C=O) groups is 1. The van der Waals surface area contributed by atoms with Crippen LogP contribution in [0, 0.1) is 11.8 Å². The van der Waals surface area contributed by atoms with E-state index in [4.69, 9.17) is 11.6 Å². The summed E-state index contributed by atoms with van der Waals surface area (Å²) >= 11 is 5.97. The Morgan fingerprint density at radius 1 is 1.33 bits per heavy atom. The number of aliphatic hydroxyl groups excluding tert-OH is 1. The topological polar surface area (TPSA) is 49.3 Å². The van der Waals surface area contributed by atoms with Crippen molar-refractivity contribution in [3.63, 3.8) is 0 Å². The third-order valence-corrected chi connectivity index (χ3v) is 4.02. The van der Waals surface area contributed by atoms with E-state index in [1.807, 2.05) is 0 Å². The largest absolute Gasteiger partial charge is 0.396 e. The van der Waals surface area contributed by atoms with Gasteiger partial charge < -0.3 is 10.4 Å². The summed E-state index contributed by atoms with van der Waals surface area (Å²) < 4.78 is 0. The number of benzene rings is 1. The summed E-state index contributed by atoms with van der Waals surface area (Å²) in [4.78, 5) is 12.0. The summed E-state index contributed by atoms with van der Waals surface area (Å²) in [5, 5.41) is 12.6. The lowest BCUT2D eigenvalue weighted by Crippen LogP contribution is -2.31. The van der Waals surface area contributed by atoms with Crippen molar-refractivity contribution in [1.29, 1.82) is 0 Å². The molecule has 3 nitrogen and oxygen atoms in total. The highest BCUT2D eigenvalue weighted by Gasteiger charge is 2.26. The lowest BCUT2D eigenvalue weighted by Gasteiger charge is -2.17. The molecule has 98 valence electrons. The minimum atomic E-state index is -0.135. The van der Waals surface area contributed by atoms with Crippen molar-refractivity contribution in [2.24, 2.45) is 11.8 Å². The Morgan fingerprint density at radius 3 is 2.78 bits per heavy atom. The van der Waals surface area contributed by atoms with E-state index in [2.05, 4.69) is 5.32 Å². The first-order valence-corrected chi connectivity index (χ1v) is 6.73. The number of hydrogen-bond acceptors (Lipinski definition) is 2. The summed E-state index contributed by atoms with van der Waals surface area (Å²) in [6.07, 6.45) is 3.27.